The van der Waals surface area contributed by atoms with Gasteiger partial charge in [0.15, 0.2) is 0 Å². The molecule has 0 amide bonds. The van der Waals surface area contributed by atoms with Crippen LogP contribution in [0.4, 0.5) is 0 Å². The number of benzene rings is 4. The van der Waals surface area contributed by atoms with E-state index in [-0.39, 0.29) is 23.4 Å². The number of thiocarbonyl (C=S) groups is 1. The van der Waals surface area contributed by atoms with Crippen molar-refractivity contribution in [3.63, 3.8) is 0 Å². The van der Waals surface area contributed by atoms with E-state index in [1.54, 1.807) is 0 Å². The molecule has 1 nitrogen and oxygen atoms in total. The van der Waals surface area contributed by atoms with Gasteiger partial charge in [0.2, 0.25) is 0 Å². The Morgan fingerprint density at radius 2 is 1.00 bits per heavy atom. The Morgan fingerprint density at radius 3 is 1.42 bits per heavy atom. The van der Waals surface area contributed by atoms with Crippen LogP contribution in [0.25, 0.3) is 0 Å². The summed E-state index contributed by atoms with van der Waals surface area (Å²) in [6.45, 7) is 6.81. The van der Waals surface area contributed by atoms with E-state index in [1.807, 2.05) is 0 Å². The summed E-state index contributed by atoms with van der Waals surface area (Å²) >= 11 is 6.02. The Hall–Kier alpha value is -3.07. The van der Waals surface area contributed by atoms with E-state index < -0.39 is 0 Å². The van der Waals surface area contributed by atoms with Gasteiger partial charge in [-0.1, -0.05) is 154 Å². The van der Waals surface area contributed by atoms with Crippen molar-refractivity contribution >= 4 is 17.1 Å². The van der Waals surface area contributed by atoms with Gasteiger partial charge in [-0.25, -0.2) is 0 Å². The summed E-state index contributed by atoms with van der Waals surface area (Å²) in [4.78, 5) is 1.13. The summed E-state index contributed by atoms with van der Waals surface area (Å²) in [5.74, 6) is 0.207. The van der Waals surface area contributed by atoms with Crippen LogP contribution in [-0.4, -0.2) is 4.86 Å². The van der Waals surface area contributed by atoms with Gasteiger partial charge in [-0.05, 0) is 45.4 Å². The second-order valence-corrected chi connectivity index (χ2v) is 11.4. The zero-order valence-corrected chi connectivity index (χ0v) is 22.4. The first-order valence-electron chi connectivity index (χ1n) is 12.9. The van der Waals surface area contributed by atoms with Gasteiger partial charge in [0.25, 0.3) is 0 Å². The number of rotatable bonds is 10. The zero-order chi connectivity index (χ0) is 25.4. The molecule has 184 valence electrons. The van der Waals surface area contributed by atoms with Gasteiger partial charge >= 0.3 is 0 Å². The second-order valence-electron chi connectivity index (χ2n) is 10.8. The molecule has 0 aliphatic heterocycles. The first-order chi connectivity index (χ1) is 17.4. The first kappa shape index (κ1) is 26.0. The number of nitrogens with one attached hydrogen (secondary N) is 1. The molecule has 0 saturated heterocycles. The highest BCUT2D eigenvalue weighted by molar-refractivity contribution is 7.80. The maximum atomic E-state index is 6.02. The molecule has 1 N–H and O–H groups in total. The van der Waals surface area contributed by atoms with Gasteiger partial charge in [0, 0.05) is 12.0 Å². The fourth-order valence-electron chi connectivity index (χ4n) is 5.00. The van der Waals surface area contributed by atoms with Gasteiger partial charge in [0.05, 0.1) is 6.04 Å². The minimum Gasteiger partial charge on any atom is -0.299 e. The molecule has 0 fully saturated rings. The molecular formula is C34H37NS. The van der Waals surface area contributed by atoms with Gasteiger partial charge < -0.3 is 0 Å². The van der Waals surface area contributed by atoms with Crippen LogP contribution in [0.2, 0.25) is 0 Å². The monoisotopic (exact) mass is 491 g/mol. The molecular weight excluding hydrogens is 454 g/mol. The lowest BCUT2D eigenvalue weighted by atomic mass is 9.80. The molecule has 0 bridgehead atoms. The SMILES string of the molecule is CC(C)(C)CC(=S)CC(c1ccccc1)[C@H](NC(c1ccccc1)c1ccccc1)c1ccccc1. The Balaban J connectivity index is 1.79. The zero-order valence-electron chi connectivity index (χ0n) is 21.6. The van der Waals surface area contributed by atoms with Crippen LogP contribution in [-0.2, 0) is 0 Å². The molecule has 4 aromatic carbocycles. The lowest BCUT2D eigenvalue weighted by Crippen LogP contribution is -2.33. The third-order valence-corrected chi connectivity index (χ3v) is 6.89. The van der Waals surface area contributed by atoms with Crippen LogP contribution in [0, 0.1) is 5.41 Å². The fourth-order valence-corrected chi connectivity index (χ4v) is 5.61. The van der Waals surface area contributed by atoms with Crippen molar-refractivity contribution in [1.29, 1.82) is 0 Å². The van der Waals surface area contributed by atoms with Crippen molar-refractivity contribution in [2.75, 3.05) is 0 Å². The molecule has 0 heterocycles. The number of hydrogen-bond donors (Lipinski definition) is 1. The van der Waals surface area contributed by atoms with Crippen LogP contribution < -0.4 is 5.32 Å². The van der Waals surface area contributed by atoms with E-state index in [0.717, 1.165) is 17.7 Å². The molecule has 4 aromatic rings. The summed E-state index contributed by atoms with van der Waals surface area (Å²) in [6.07, 6.45) is 1.80. The van der Waals surface area contributed by atoms with E-state index in [1.165, 1.54) is 22.3 Å². The van der Waals surface area contributed by atoms with E-state index in [9.17, 15) is 0 Å². The standard InChI is InChI=1S/C34H37NS/c1-34(2,3)25-30(36)24-31(26-16-8-4-9-17-26)33(29-22-14-7-15-23-29)35-32(27-18-10-5-11-19-27)28-20-12-6-13-21-28/h4-23,31-33,35H,24-25H2,1-3H3/t31?,33-/m1/s1. The smallest absolute Gasteiger partial charge is 0.0581 e. The van der Waals surface area contributed by atoms with Crippen LogP contribution in [0.15, 0.2) is 121 Å². The Bertz CT molecular complexity index is 1160. The van der Waals surface area contributed by atoms with Crippen LogP contribution in [0.1, 0.15) is 73.9 Å². The average molecular weight is 492 g/mol. The molecule has 0 aliphatic rings. The van der Waals surface area contributed by atoms with Crippen LogP contribution in [0.3, 0.4) is 0 Å². The van der Waals surface area contributed by atoms with E-state index in [0.29, 0.717) is 0 Å². The van der Waals surface area contributed by atoms with Crippen molar-refractivity contribution in [2.24, 2.45) is 5.41 Å². The van der Waals surface area contributed by atoms with Gasteiger partial charge in [-0.3, -0.25) is 5.32 Å². The molecule has 0 aromatic heterocycles. The van der Waals surface area contributed by atoms with E-state index in [4.69, 9.17) is 12.2 Å². The molecule has 1 unspecified atom stereocenters. The first-order valence-corrected chi connectivity index (χ1v) is 13.3. The van der Waals surface area contributed by atoms with Crippen molar-refractivity contribution in [3.05, 3.63) is 144 Å². The predicted octanol–water partition coefficient (Wildman–Crippen LogP) is 9.09. The molecule has 0 saturated carbocycles. The third-order valence-electron chi connectivity index (χ3n) is 6.58. The van der Waals surface area contributed by atoms with Crippen LogP contribution in [0.5, 0.6) is 0 Å². The normalized spacial score (nSPS) is 13.3. The van der Waals surface area contributed by atoms with E-state index >= 15 is 0 Å². The summed E-state index contributed by atoms with van der Waals surface area (Å²) in [5, 5.41) is 4.11. The van der Waals surface area contributed by atoms with Gasteiger partial charge in [0.1, 0.15) is 0 Å². The van der Waals surface area contributed by atoms with Gasteiger partial charge in [-0.15, -0.1) is 0 Å². The molecule has 4 rings (SSSR count). The molecule has 36 heavy (non-hydrogen) atoms. The second kappa shape index (κ2) is 12.3. The Kier molecular flexibility index (Phi) is 8.85. The largest absolute Gasteiger partial charge is 0.299 e. The highest BCUT2D eigenvalue weighted by atomic mass is 32.1. The predicted molar refractivity (Wildman–Crippen MR) is 158 cm³/mol. The van der Waals surface area contributed by atoms with Crippen LogP contribution >= 0.6 is 12.2 Å². The minimum absolute atomic E-state index is 0.0556. The molecule has 0 spiro atoms. The topological polar surface area (TPSA) is 12.0 Å². The van der Waals surface area contributed by atoms with Crippen molar-refractivity contribution in [3.8, 4) is 0 Å². The number of hydrogen-bond acceptors (Lipinski definition) is 2. The minimum atomic E-state index is 0.0556. The average Bonchev–Trinajstić information content (AvgIpc) is 2.89. The lowest BCUT2D eigenvalue weighted by Gasteiger charge is -2.34. The van der Waals surface area contributed by atoms with Crippen molar-refractivity contribution in [1.82, 2.24) is 5.32 Å². The molecule has 2 heteroatoms. The Morgan fingerprint density at radius 1 is 0.611 bits per heavy atom. The molecule has 2 atom stereocenters. The van der Waals surface area contributed by atoms with E-state index in [2.05, 4.69) is 147 Å². The molecule has 0 aliphatic carbocycles. The summed E-state index contributed by atoms with van der Waals surface area (Å²) < 4.78 is 0. The van der Waals surface area contributed by atoms with Crippen molar-refractivity contribution in [2.45, 2.75) is 51.6 Å². The van der Waals surface area contributed by atoms with Crippen molar-refractivity contribution < 1.29 is 0 Å². The third kappa shape index (κ3) is 7.22. The quantitative estimate of drug-likeness (QED) is 0.222. The summed E-state index contributed by atoms with van der Waals surface area (Å²) in [7, 11) is 0. The summed E-state index contributed by atoms with van der Waals surface area (Å²) in [5.41, 5.74) is 5.28. The highest BCUT2D eigenvalue weighted by Gasteiger charge is 2.30. The van der Waals surface area contributed by atoms with Gasteiger partial charge in [-0.2, -0.15) is 0 Å². The molecule has 0 radical (unpaired) electrons. The lowest BCUT2D eigenvalue weighted by molar-refractivity contribution is 0.407. The Labute approximate surface area is 222 Å². The summed E-state index contributed by atoms with van der Waals surface area (Å²) in [6, 6.07) is 43.4. The maximum absolute atomic E-state index is 6.02. The highest BCUT2D eigenvalue weighted by Crippen LogP contribution is 2.38. The fraction of sp³-hybridized carbons (Fsp3) is 0.265. The maximum Gasteiger partial charge on any atom is 0.0581 e.